The van der Waals surface area contributed by atoms with Crippen LogP contribution in [0, 0.1) is 0 Å². The lowest BCUT2D eigenvalue weighted by atomic mass is 10.4. The minimum absolute atomic E-state index is 0.176. The lowest BCUT2D eigenvalue weighted by Crippen LogP contribution is -2.14. The smallest absolute Gasteiger partial charge is 0.330 e. The van der Waals surface area contributed by atoms with Crippen molar-refractivity contribution in [3.05, 3.63) is 37.5 Å². The first-order valence-corrected chi connectivity index (χ1v) is 8.05. The third kappa shape index (κ3) is 23.5. The van der Waals surface area contributed by atoms with Gasteiger partial charge >= 0.3 is 17.9 Å². The summed E-state index contributed by atoms with van der Waals surface area (Å²) >= 11 is 0. The van der Waals surface area contributed by atoms with E-state index in [1.165, 1.54) is 6.92 Å². The fourth-order valence-corrected chi connectivity index (χ4v) is 1.06. The summed E-state index contributed by atoms with van der Waals surface area (Å²) in [6.07, 6.45) is 2.20. The van der Waals surface area contributed by atoms with Crippen LogP contribution in [0.2, 0.25) is 0 Å². The monoisotopic (exact) mass is 388 g/mol. The first-order chi connectivity index (χ1) is 12.8. The molecule has 0 heterocycles. The van der Waals surface area contributed by atoms with E-state index in [2.05, 4.69) is 19.7 Å². The van der Waals surface area contributed by atoms with Gasteiger partial charge in [0.1, 0.15) is 13.2 Å². The normalized spacial score (nSPS) is 9.37. The Morgan fingerprint density at radius 2 is 1.00 bits per heavy atom. The fraction of sp³-hybridized carbons (Fsp3) is 0.500. The number of aliphatic carboxylic acids is 1. The molecule has 0 amide bonds. The Labute approximate surface area is 159 Å². The molecule has 0 aromatic heterocycles. The van der Waals surface area contributed by atoms with Crippen molar-refractivity contribution in [2.75, 3.05) is 52.9 Å². The van der Waals surface area contributed by atoms with Gasteiger partial charge in [-0.15, -0.1) is 0 Å². The molecule has 0 spiro atoms. The van der Waals surface area contributed by atoms with Gasteiger partial charge in [0.2, 0.25) is 0 Å². The molecule has 0 bridgehead atoms. The molecule has 1 N–H and O–H groups in total. The van der Waals surface area contributed by atoms with Crippen LogP contribution in [0.1, 0.15) is 6.92 Å². The minimum Gasteiger partial charge on any atom is -0.478 e. The summed E-state index contributed by atoms with van der Waals surface area (Å²) in [5.41, 5.74) is 0.176. The van der Waals surface area contributed by atoms with E-state index in [0.29, 0.717) is 39.6 Å². The highest BCUT2D eigenvalue weighted by atomic mass is 16.6. The molecule has 0 aliphatic carbocycles. The number of carbonyl (C=O) groups excluding carboxylic acids is 2. The molecule has 0 saturated carbocycles. The van der Waals surface area contributed by atoms with Crippen molar-refractivity contribution < 1.29 is 43.2 Å². The van der Waals surface area contributed by atoms with Crippen LogP contribution in [0.25, 0.3) is 0 Å². The molecule has 0 atom stereocenters. The van der Waals surface area contributed by atoms with Crippen molar-refractivity contribution in [1.82, 2.24) is 0 Å². The Hall–Kier alpha value is -2.49. The zero-order valence-corrected chi connectivity index (χ0v) is 15.6. The highest BCUT2D eigenvalue weighted by molar-refractivity contribution is 5.84. The van der Waals surface area contributed by atoms with Crippen LogP contribution in [0.15, 0.2) is 37.5 Å². The number of hydrogen-bond acceptors (Lipinski definition) is 8. The van der Waals surface area contributed by atoms with E-state index in [-0.39, 0.29) is 18.8 Å². The molecule has 9 nitrogen and oxygen atoms in total. The van der Waals surface area contributed by atoms with Crippen LogP contribution in [-0.4, -0.2) is 75.9 Å². The number of carbonyl (C=O) groups is 3. The molecule has 27 heavy (non-hydrogen) atoms. The van der Waals surface area contributed by atoms with Crippen LogP contribution in [-0.2, 0) is 38.1 Å². The first kappa shape index (κ1) is 26.7. The largest absolute Gasteiger partial charge is 0.478 e. The van der Waals surface area contributed by atoms with E-state index in [0.717, 1.165) is 12.2 Å². The molecule has 0 radical (unpaired) electrons. The summed E-state index contributed by atoms with van der Waals surface area (Å²) in [5.74, 6) is -1.87. The Morgan fingerprint density at radius 1 is 0.741 bits per heavy atom. The Kier molecular flexibility index (Phi) is 19.6. The summed E-state index contributed by atoms with van der Waals surface area (Å²) in [5, 5.41) is 7.89. The zero-order valence-electron chi connectivity index (χ0n) is 15.6. The number of ether oxygens (including phenoxy) is 5. The molecule has 0 rings (SSSR count). The fourth-order valence-electron chi connectivity index (χ4n) is 1.06. The van der Waals surface area contributed by atoms with Gasteiger partial charge in [0.15, 0.2) is 0 Å². The molecule has 0 aromatic carbocycles. The van der Waals surface area contributed by atoms with Crippen LogP contribution in [0.5, 0.6) is 0 Å². The van der Waals surface area contributed by atoms with E-state index < -0.39 is 17.9 Å². The van der Waals surface area contributed by atoms with Gasteiger partial charge in [0, 0.05) is 17.7 Å². The van der Waals surface area contributed by atoms with Gasteiger partial charge in [-0.1, -0.05) is 19.7 Å². The average molecular weight is 388 g/mol. The molecule has 0 unspecified atom stereocenters. The number of esters is 2. The maximum absolute atomic E-state index is 10.7. The zero-order chi connectivity index (χ0) is 20.9. The molecule has 0 aromatic rings. The highest BCUT2D eigenvalue weighted by Crippen LogP contribution is 1.85. The summed E-state index contributed by atoms with van der Waals surface area (Å²) in [7, 11) is 0. The van der Waals surface area contributed by atoms with Crippen LogP contribution in [0.4, 0.5) is 0 Å². The van der Waals surface area contributed by atoms with Crippen molar-refractivity contribution in [3.63, 3.8) is 0 Å². The summed E-state index contributed by atoms with van der Waals surface area (Å²) in [6.45, 7) is 13.8. The molecular weight excluding hydrogens is 360 g/mol. The van der Waals surface area contributed by atoms with Gasteiger partial charge in [-0.2, -0.15) is 0 Å². The maximum atomic E-state index is 10.7. The number of carboxylic acid groups (broad SMARTS) is 1. The second kappa shape index (κ2) is 19.8. The predicted octanol–water partition coefficient (Wildman–Crippen LogP) is 1.14. The van der Waals surface area contributed by atoms with Gasteiger partial charge in [0.05, 0.1) is 39.6 Å². The lowest BCUT2D eigenvalue weighted by molar-refractivity contribution is -0.140. The van der Waals surface area contributed by atoms with Crippen LogP contribution >= 0.6 is 0 Å². The van der Waals surface area contributed by atoms with E-state index in [4.69, 9.17) is 28.8 Å². The molecule has 0 fully saturated rings. The summed E-state index contributed by atoms with van der Waals surface area (Å²) in [4.78, 5) is 31.0. The quantitative estimate of drug-likeness (QED) is 0.250. The molecule has 0 aliphatic rings. The Balaban J connectivity index is 0. The van der Waals surface area contributed by atoms with Crippen molar-refractivity contribution in [2.24, 2.45) is 0 Å². The van der Waals surface area contributed by atoms with Gasteiger partial charge in [-0.05, 0) is 6.92 Å². The molecule has 0 saturated heterocycles. The minimum atomic E-state index is -0.935. The molecule has 0 aliphatic heterocycles. The van der Waals surface area contributed by atoms with Gasteiger partial charge in [-0.3, -0.25) is 0 Å². The van der Waals surface area contributed by atoms with Crippen LogP contribution < -0.4 is 0 Å². The molecular formula is C18H28O9. The van der Waals surface area contributed by atoms with Gasteiger partial charge in [0.25, 0.3) is 0 Å². The first-order valence-electron chi connectivity index (χ1n) is 8.05. The standard InChI is InChI=1S/C14H22O7.C4H6O2/c1-3-13(15)20-11-9-18-7-5-17-6-8-19-10-12-21-14(16)4-2;1-3(2)4(5)6/h3-4H,1-2,5-12H2;1H2,2H3,(H,5,6). The van der Waals surface area contributed by atoms with Crippen LogP contribution in [0.3, 0.4) is 0 Å². The Morgan fingerprint density at radius 3 is 1.22 bits per heavy atom. The van der Waals surface area contributed by atoms with E-state index in [1.807, 2.05) is 0 Å². The topological polar surface area (TPSA) is 118 Å². The van der Waals surface area contributed by atoms with E-state index in [9.17, 15) is 14.4 Å². The second-order valence-corrected chi connectivity index (χ2v) is 4.67. The van der Waals surface area contributed by atoms with Crippen molar-refractivity contribution in [1.29, 1.82) is 0 Å². The third-order valence-electron chi connectivity index (χ3n) is 2.39. The van der Waals surface area contributed by atoms with Crippen molar-refractivity contribution in [2.45, 2.75) is 6.92 Å². The predicted molar refractivity (Wildman–Crippen MR) is 97.2 cm³/mol. The van der Waals surface area contributed by atoms with Crippen molar-refractivity contribution >= 4 is 17.9 Å². The molecule has 9 heteroatoms. The maximum Gasteiger partial charge on any atom is 0.330 e. The third-order valence-corrected chi connectivity index (χ3v) is 2.39. The number of rotatable bonds is 15. The number of carboxylic acids is 1. The molecule has 154 valence electrons. The van der Waals surface area contributed by atoms with E-state index in [1.54, 1.807) is 0 Å². The Bertz CT molecular complexity index is 429. The summed E-state index contributed by atoms with van der Waals surface area (Å²) < 4.78 is 25.0. The SMILES string of the molecule is C=C(C)C(=O)O.C=CC(=O)OCCOCCOCCOCCOC(=O)C=C. The second-order valence-electron chi connectivity index (χ2n) is 4.67. The number of hydrogen-bond donors (Lipinski definition) is 1. The highest BCUT2D eigenvalue weighted by Gasteiger charge is 1.96. The van der Waals surface area contributed by atoms with Gasteiger partial charge < -0.3 is 28.8 Å². The van der Waals surface area contributed by atoms with Crippen molar-refractivity contribution in [3.8, 4) is 0 Å². The van der Waals surface area contributed by atoms with E-state index >= 15 is 0 Å². The lowest BCUT2D eigenvalue weighted by Gasteiger charge is -2.07. The van der Waals surface area contributed by atoms with Gasteiger partial charge in [-0.25, -0.2) is 14.4 Å². The average Bonchev–Trinajstić information content (AvgIpc) is 2.65. The summed E-state index contributed by atoms with van der Waals surface area (Å²) in [6, 6.07) is 0.